The summed E-state index contributed by atoms with van der Waals surface area (Å²) in [5.41, 5.74) is 1.36. The van der Waals surface area contributed by atoms with Crippen LogP contribution in [0.5, 0.6) is 0 Å². The Morgan fingerprint density at radius 1 is 0.940 bits per heavy atom. The number of nitrogens with one attached hydrogen (secondary N) is 1. The van der Waals surface area contributed by atoms with E-state index in [2.05, 4.69) is 67.1 Å². The highest BCUT2D eigenvalue weighted by Crippen LogP contribution is 2.28. The average molecular weight is 695 g/mol. The Labute approximate surface area is 302 Å². The molecule has 4 rings (SSSR count). The van der Waals surface area contributed by atoms with Crippen molar-refractivity contribution in [2.45, 2.75) is 130 Å². The van der Waals surface area contributed by atoms with E-state index in [-0.39, 0.29) is 35.7 Å². The van der Waals surface area contributed by atoms with E-state index in [1.807, 2.05) is 44.7 Å². The molecule has 0 bridgehead atoms. The molecule has 0 aromatic heterocycles. The molecule has 3 saturated heterocycles. The molecule has 10 heteroatoms. The predicted octanol–water partition coefficient (Wildman–Crippen LogP) is 4.34. The lowest BCUT2D eigenvalue weighted by molar-refractivity contribution is -0.143. The van der Waals surface area contributed by atoms with Crippen molar-refractivity contribution in [3.05, 3.63) is 47.5 Å². The summed E-state index contributed by atoms with van der Waals surface area (Å²) in [6.45, 7) is 21.6. The first kappa shape index (κ1) is 40.0. The van der Waals surface area contributed by atoms with Crippen LogP contribution in [0.15, 0.2) is 42.0 Å². The molecule has 3 heterocycles. The van der Waals surface area contributed by atoms with Gasteiger partial charge in [-0.05, 0) is 69.9 Å². The van der Waals surface area contributed by atoms with Gasteiger partial charge in [0.2, 0.25) is 17.7 Å². The Bertz CT molecular complexity index is 1300. The van der Waals surface area contributed by atoms with E-state index in [0.29, 0.717) is 37.7 Å². The molecule has 5 atom stereocenters. The molecule has 3 fully saturated rings. The second kappa shape index (κ2) is 17.6. The van der Waals surface area contributed by atoms with Gasteiger partial charge in [-0.15, -0.1) is 0 Å². The zero-order valence-corrected chi connectivity index (χ0v) is 32.4. The summed E-state index contributed by atoms with van der Waals surface area (Å²) in [5.74, 6) is -0.168. The Morgan fingerprint density at radius 3 is 2.20 bits per heavy atom. The Kier molecular flexibility index (Phi) is 14.1. The van der Waals surface area contributed by atoms with Gasteiger partial charge < -0.3 is 19.8 Å². The number of rotatable bonds is 12. The number of amides is 3. The minimum atomic E-state index is -0.841. The van der Waals surface area contributed by atoms with Crippen molar-refractivity contribution >= 4 is 17.7 Å². The number of piperazine rings is 1. The zero-order chi connectivity index (χ0) is 36.7. The molecule has 2 N–H and O–H groups in total. The minimum absolute atomic E-state index is 0.0372. The normalized spacial score (nSPS) is 23.3. The van der Waals surface area contributed by atoms with Crippen LogP contribution in [-0.4, -0.2) is 130 Å². The number of carbonyl (C=O) groups excluding carboxylic acids is 3. The fraction of sp³-hybridized carbons (Fsp3) is 0.725. The van der Waals surface area contributed by atoms with Crippen LogP contribution in [0, 0.1) is 11.3 Å². The van der Waals surface area contributed by atoms with Crippen LogP contribution in [0.1, 0.15) is 93.1 Å². The quantitative estimate of drug-likeness (QED) is 0.248. The molecule has 2 unspecified atom stereocenters. The summed E-state index contributed by atoms with van der Waals surface area (Å²) < 4.78 is 0. The van der Waals surface area contributed by atoms with Crippen molar-refractivity contribution in [2.75, 3.05) is 46.3 Å². The van der Waals surface area contributed by atoms with Crippen LogP contribution in [0.4, 0.5) is 0 Å². The lowest BCUT2D eigenvalue weighted by Crippen LogP contribution is -2.62. The van der Waals surface area contributed by atoms with E-state index in [4.69, 9.17) is 0 Å². The highest BCUT2D eigenvalue weighted by atomic mass is 16.3. The number of benzene rings is 1. The van der Waals surface area contributed by atoms with Crippen LogP contribution in [0.3, 0.4) is 0 Å². The molecular formula is C40H66N6O4. The average Bonchev–Trinajstić information content (AvgIpc) is 3.58. The molecule has 3 aliphatic heterocycles. The monoisotopic (exact) mass is 695 g/mol. The third kappa shape index (κ3) is 9.96. The first-order valence-electron chi connectivity index (χ1n) is 19.1. The maximum absolute atomic E-state index is 14.3. The zero-order valence-electron chi connectivity index (χ0n) is 32.4. The van der Waals surface area contributed by atoms with E-state index < -0.39 is 23.7 Å². The molecule has 3 amide bonds. The van der Waals surface area contributed by atoms with E-state index >= 15 is 0 Å². The number of aliphatic hydroxyl groups is 1. The highest BCUT2D eigenvalue weighted by Gasteiger charge is 2.41. The maximum Gasteiger partial charge on any atom is 0.249 e. The van der Waals surface area contributed by atoms with Gasteiger partial charge >= 0.3 is 0 Å². The van der Waals surface area contributed by atoms with Crippen LogP contribution in [-0.2, 0) is 20.9 Å². The van der Waals surface area contributed by atoms with Gasteiger partial charge in [0, 0.05) is 64.0 Å². The van der Waals surface area contributed by atoms with Crippen molar-refractivity contribution in [1.29, 1.82) is 0 Å². The summed E-state index contributed by atoms with van der Waals surface area (Å²) in [7, 11) is 1.80. The number of likely N-dealkylation sites (N-methyl/N-ethyl adjacent to an activating group) is 1. The van der Waals surface area contributed by atoms with Crippen molar-refractivity contribution in [3.63, 3.8) is 0 Å². The van der Waals surface area contributed by atoms with E-state index in [0.717, 1.165) is 51.9 Å². The molecule has 0 saturated carbocycles. The predicted molar refractivity (Wildman–Crippen MR) is 200 cm³/mol. The van der Waals surface area contributed by atoms with E-state index in [1.54, 1.807) is 16.8 Å². The number of likely N-dealkylation sites (tertiary alicyclic amines) is 2. The smallest absolute Gasteiger partial charge is 0.249 e. The molecule has 0 aliphatic carbocycles. The molecule has 50 heavy (non-hydrogen) atoms. The highest BCUT2D eigenvalue weighted by molar-refractivity contribution is 5.97. The lowest BCUT2D eigenvalue weighted by Gasteiger charge is -2.44. The van der Waals surface area contributed by atoms with Crippen molar-refractivity contribution < 1.29 is 19.5 Å². The van der Waals surface area contributed by atoms with Crippen LogP contribution in [0.25, 0.3) is 0 Å². The molecular weight excluding hydrogens is 628 g/mol. The van der Waals surface area contributed by atoms with Gasteiger partial charge in [0.15, 0.2) is 0 Å². The van der Waals surface area contributed by atoms with E-state index in [1.165, 1.54) is 5.56 Å². The molecule has 1 aromatic rings. The molecule has 3 aliphatic rings. The first-order chi connectivity index (χ1) is 23.6. The first-order valence-corrected chi connectivity index (χ1v) is 19.1. The minimum Gasteiger partial charge on any atom is -0.377 e. The van der Waals surface area contributed by atoms with Crippen molar-refractivity contribution in [3.8, 4) is 0 Å². The summed E-state index contributed by atoms with van der Waals surface area (Å²) in [5, 5.41) is 14.8. The topological polar surface area (TPSA) is 99.7 Å². The van der Waals surface area contributed by atoms with Gasteiger partial charge in [0.25, 0.3) is 0 Å². The van der Waals surface area contributed by atoms with Gasteiger partial charge in [-0.2, -0.15) is 0 Å². The van der Waals surface area contributed by atoms with Crippen molar-refractivity contribution in [2.24, 2.45) is 11.3 Å². The summed E-state index contributed by atoms with van der Waals surface area (Å²) in [4.78, 5) is 52.2. The van der Waals surface area contributed by atoms with Gasteiger partial charge in [0.05, 0.1) is 12.1 Å². The van der Waals surface area contributed by atoms with Gasteiger partial charge in [-0.25, -0.2) is 0 Å². The molecule has 280 valence electrons. The Morgan fingerprint density at radius 2 is 1.60 bits per heavy atom. The lowest BCUT2D eigenvalue weighted by atomic mass is 9.84. The summed E-state index contributed by atoms with van der Waals surface area (Å²) in [6, 6.07) is 9.24. The van der Waals surface area contributed by atoms with Gasteiger partial charge in [0.1, 0.15) is 12.3 Å². The van der Waals surface area contributed by atoms with Crippen LogP contribution < -0.4 is 5.32 Å². The van der Waals surface area contributed by atoms with Crippen molar-refractivity contribution in [1.82, 2.24) is 29.8 Å². The van der Waals surface area contributed by atoms with Crippen LogP contribution >= 0.6 is 0 Å². The van der Waals surface area contributed by atoms with Gasteiger partial charge in [-0.1, -0.05) is 77.4 Å². The number of hydrogen-bond donors (Lipinski definition) is 2. The number of nitrogens with zero attached hydrogens (tertiary/aromatic N) is 5. The van der Waals surface area contributed by atoms with Gasteiger partial charge in [-0.3, -0.25) is 29.5 Å². The van der Waals surface area contributed by atoms with Crippen LogP contribution in [0.2, 0.25) is 0 Å². The fourth-order valence-electron chi connectivity index (χ4n) is 8.03. The number of hydrogen-bond acceptors (Lipinski definition) is 7. The maximum atomic E-state index is 14.3. The molecule has 0 radical (unpaired) electrons. The second-order valence-electron chi connectivity index (χ2n) is 16.6. The number of carbonyl (C=O) groups is 3. The number of aliphatic hydroxyl groups excluding tert-OH is 1. The summed E-state index contributed by atoms with van der Waals surface area (Å²) in [6.07, 6.45) is 5.60. The van der Waals surface area contributed by atoms with E-state index in [9.17, 15) is 19.5 Å². The molecule has 0 spiro atoms. The fourth-order valence-corrected chi connectivity index (χ4v) is 8.03. The Balaban J connectivity index is 1.42. The number of piperidine rings is 1. The Hall–Kier alpha value is -2.79. The third-order valence-electron chi connectivity index (χ3n) is 11.0. The molecule has 1 aromatic carbocycles. The largest absolute Gasteiger partial charge is 0.377 e. The molecule has 10 nitrogen and oxygen atoms in total. The standard InChI is InChI=1S/C40H66N6O4/c1-28(2)34(42(9)39(50)35(40(6,7)8)41-36(47)32-18-13-14-20-45(32)29(3)4)26-30(5)37(48)46-21-15-19-33(46)38(49)44-24-22-43(23-25-44)27-31-16-11-10-12-17-31/h10-12,16-17,26,28-29,32-36,41,47H,13-15,18-25,27H2,1-9H3/b30-26+/t32?,33-,34+,35?,36+/m0/s1. The SMILES string of the molecule is C/C(=C\[C@H](C(C)C)N(C)C(=O)C(N[C@H](O)C1CCCCN1C(C)C)C(C)(C)C)C(=O)N1CCC[C@H]1C(=O)N1CCN(Cc2ccccc2)CC1. The second-order valence-corrected chi connectivity index (χ2v) is 16.6. The summed E-state index contributed by atoms with van der Waals surface area (Å²) >= 11 is 0. The third-order valence-corrected chi connectivity index (χ3v) is 11.0.